The number of nitrogens with zero attached hydrogens (tertiary/aromatic N) is 4. The second kappa shape index (κ2) is 18.2. The Morgan fingerprint density at radius 2 is 1.30 bits per heavy atom. The number of hydrogen-bond donors (Lipinski definition) is 1. The van der Waals surface area contributed by atoms with E-state index in [1.54, 1.807) is 23.9 Å². The molecule has 11 heteroatoms. The van der Waals surface area contributed by atoms with E-state index in [0.29, 0.717) is 38.8 Å². The number of Topliss-reactive ketones (excluding diaryl/α,β-unsaturated/α-hetero) is 1. The molecule has 0 aromatic carbocycles. The highest BCUT2D eigenvalue weighted by Crippen LogP contribution is 2.17. The normalized spacial score (nSPS) is 15.0. The van der Waals surface area contributed by atoms with Gasteiger partial charge in [0.15, 0.2) is 5.78 Å². The van der Waals surface area contributed by atoms with Gasteiger partial charge >= 0.3 is 11.9 Å². The van der Waals surface area contributed by atoms with Gasteiger partial charge in [-0.05, 0) is 53.6 Å². The van der Waals surface area contributed by atoms with E-state index < -0.39 is 18.2 Å². The Labute approximate surface area is 222 Å². The van der Waals surface area contributed by atoms with Gasteiger partial charge in [0.25, 0.3) is 6.29 Å². The molecule has 0 aromatic heterocycles. The lowest BCUT2D eigenvalue weighted by Gasteiger charge is -2.25. The summed E-state index contributed by atoms with van der Waals surface area (Å²) in [5.41, 5.74) is 0. The Morgan fingerprint density at radius 3 is 1.84 bits per heavy atom. The van der Waals surface area contributed by atoms with Gasteiger partial charge in [-0.25, -0.2) is 0 Å². The number of carbonyl (C=O) groups excluding carboxylic acids is 4. The largest absolute Gasteiger partial charge is 0.424 e. The number of likely N-dealkylation sites (N-methyl/N-ethyl adjacent to an activating group) is 4. The number of amides is 1. The summed E-state index contributed by atoms with van der Waals surface area (Å²) in [6, 6.07) is 0.294. The van der Waals surface area contributed by atoms with Crippen molar-refractivity contribution in [1.29, 1.82) is 0 Å². The standard InChI is InChI=1S/C26H49N5O6/c1-7-28(4)17-22(32)16-26(36-24(34)19-29(5)8-2)37-25(35)20-30(6)14-15-31(9-3)18-23(33)27-21-12-10-11-13-21/h21,26H,7-20H2,1-6H3,(H,27,33)/t26-/m1/s1. The maximum atomic E-state index is 12.6. The van der Waals surface area contributed by atoms with Gasteiger partial charge in [-0.2, -0.15) is 0 Å². The fourth-order valence-corrected chi connectivity index (χ4v) is 3.98. The number of hydrogen-bond acceptors (Lipinski definition) is 10. The molecule has 0 radical (unpaired) electrons. The first-order valence-electron chi connectivity index (χ1n) is 13.5. The zero-order chi connectivity index (χ0) is 27.8. The van der Waals surface area contributed by atoms with Gasteiger partial charge in [-0.1, -0.05) is 33.6 Å². The van der Waals surface area contributed by atoms with Crippen LogP contribution in [0.15, 0.2) is 0 Å². The fraction of sp³-hybridized carbons (Fsp3) is 0.846. The van der Waals surface area contributed by atoms with Crippen molar-refractivity contribution in [1.82, 2.24) is 24.9 Å². The molecule has 1 fully saturated rings. The van der Waals surface area contributed by atoms with Crippen LogP contribution >= 0.6 is 0 Å². The number of nitrogens with one attached hydrogen (secondary N) is 1. The lowest BCUT2D eigenvalue weighted by molar-refractivity contribution is -0.190. The van der Waals surface area contributed by atoms with E-state index in [9.17, 15) is 19.2 Å². The van der Waals surface area contributed by atoms with E-state index in [1.165, 1.54) is 12.8 Å². The average molecular weight is 528 g/mol. The highest BCUT2D eigenvalue weighted by atomic mass is 16.7. The number of rotatable bonds is 19. The molecule has 0 aromatic rings. The predicted molar refractivity (Wildman–Crippen MR) is 142 cm³/mol. The summed E-state index contributed by atoms with van der Waals surface area (Å²) in [4.78, 5) is 57.0. The van der Waals surface area contributed by atoms with Gasteiger partial charge in [-0.3, -0.25) is 38.8 Å². The molecule has 0 aliphatic heterocycles. The SMILES string of the molecule is CCN(C)CC(=O)C[C@H](OC(=O)CN(C)CC)OC(=O)CN(C)CCN(CC)CC(=O)NC1CCCC1. The molecular formula is C26H49N5O6. The molecule has 1 aliphatic rings. The summed E-state index contributed by atoms with van der Waals surface area (Å²) in [5, 5.41) is 3.10. The Balaban J connectivity index is 2.55. The van der Waals surface area contributed by atoms with E-state index in [4.69, 9.17) is 9.47 Å². The van der Waals surface area contributed by atoms with Gasteiger partial charge in [0.1, 0.15) is 0 Å². The first-order chi connectivity index (χ1) is 17.6. The van der Waals surface area contributed by atoms with Crippen LogP contribution in [-0.2, 0) is 28.7 Å². The summed E-state index contributed by atoms with van der Waals surface area (Å²) in [6.45, 7) is 9.58. The highest BCUT2D eigenvalue weighted by Gasteiger charge is 2.24. The van der Waals surface area contributed by atoms with Gasteiger partial charge in [0.2, 0.25) is 5.91 Å². The van der Waals surface area contributed by atoms with Crippen LogP contribution in [0, 0.1) is 0 Å². The van der Waals surface area contributed by atoms with Crippen LogP contribution in [0.2, 0.25) is 0 Å². The fourth-order valence-electron chi connectivity index (χ4n) is 3.98. The van der Waals surface area contributed by atoms with Crippen molar-refractivity contribution in [3.63, 3.8) is 0 Å². The summed E-state index contributed by atoms with van der Waals surface area (Å²) >= 11 is 0. The topological polar surface area (TPSA) is 112 Å². The first-order valence-corrected chi connectivity index (χ1v) is 13.5. The molecular weight excluding hydrogens is 478 g/mol. The number of carbonyl (C=O) groups is 4. The molecule has 0 saturated heterocycles. The molecule has 37 heavy (non-hydrogen) atoms. The average Bonchev–Trinajstić information content (AvgIpc) is 3.33. The van der Waals surface area contributed by atoms with Crippen LogP contribution in [0.4, 0.5) is 0 Å². The van der Waals surface area contributed by atoms with Crippen molar-refractivity contribution in [2.24, 2.45) is 0 Å². The molecule has 0 bridgehead atoms. The van der Waals surface area contributed by atoms with Crippen molar-refractivity contribution in [2.75, 3.05) is 80.0 Å². The maximum Gasteiger partial charge on any atom is 0.323 e. The minimum absolute atomic E-state index is 0.0300. The zero-order valence-corrected chi connectivity index (χ0v) is 23.8. The van der Waals surface area contributed by atoms with Crippen LogP contribution in [0.5, 0.6) is 0 Å². The summed E-state index contributed by atoms with van der Waals surface area (Å²) in [7, 11) is 5.37. The molecule has 1 aliphatic carbocycles. The maximum absolute atomic E-state index is 12.6. The van der Waals surface area contributed by atoms with Crippen LogP contribution in [0.25, 0.3) is 0 Å². The summed E-state index contributed by atoms with van der Waals surface area (Å²) in [5.74, 6) is -1.28. The van der Waals surface area contributed by atoms with Gasteiger partial charge in [0.05, 0.1) is 32.6 Å². The van der Waals surface area contributed by atoms with Crippen molar-refractivity contribution < 1.29 is 28.7 Å². The Morgan fingerprint density at radius 1 is 0.757 bits per heavy atom. The smallest absolute Gasteiger partial charge is 0.323 e. The third-order valence-corrected chi connectivity index (χ3v) is 6.58. The van der Waals surface area contributed by atoms with Crippen molar-refractivity contribution in [3.05, 3.63) is 0 Å². The molecule has 0 unspecified atom stereocenters. The van der Waals surface area contributed by atoms with Gasteiger partial charge in [0, 0.05) is 19.1 Å². The Bertz CT molecular complexity index is 690. The third-order valence-electron chi connectivity index (χ3n) is 6.58. The quantitative estimate of drug-likeness (QED) is 0.189. The van der Waals surface area contributed by atoms with Crippen molar-refractivity contribution in [2.45, 2.75) is 65.2 Å². The molecule has 214 valence electrons. The zero-order valence-electron chi connectivity index (χ0n) is 23.8. The Hall–Kier alpha value is -2.08. The van der Waals surface area contributed by atoms with Gasteiger partial charge in [-0.15, -0.1) is 0 Å². The van der Waals surface area contributed by atoms with Crippen LogP contribution in [-0.4, -0.2) is 136 Å². The van der Waals surface area contributed by atoms with E-state index in [-0.39, 0.29) is 37.7 Å². The minimum atomic E-state index is -1.26. The Kier molecular flexibility index (Phi) is 16.2. The molecule has 1 saturated carbocycles. The molecule has 1 amide bonds. The van der Waals surface area contributed by atoms with E-state index in [1.807, 2.05) is 37.6 Å². The monoisotopic (exact) mass is 527 g/mol. The predicted octanol–water partition coefficient (Wildman–Crippen LogP) is 0.574. The second-order valence-electron chi connectivity index (χ2n) is 9.97. The van der Waals surface area contributed by atoms with E-state index >= 15 is 0 Å². The van der Waals surface area contributed by atoms with Crippen LogP contribution < -0.4 is 5.32 Å². The van der Waals surface area contributed by atoms with Crippen molar-refractivity contribution >= 4 is 23.6 Å². The first kappa shape index (κ1) is 32.9. The summed E-state index contributed by atoms with van der Waals surface area (Å²) in [6.07, 6.45) is 2.99. The highest BCUT2D eigenvalue weighted by molar-refractivity contribution is 5.82. The van der Waals surface area contributed by atoms with Crippen LogP contribution in [0.3, 0.4) is 0 Å². The van der Waals surface area contributed by atoms with Crippen LogP contribution in [0.1, 0.15) is 52.9 Å². The van der Waals surface area contributed by atoms with Gasteiger partial charge < -0.3 is 14.8 Å². The van der Waals surface area contributed by atoms with E-state index in [2.05, 4.69) is 5.32 Å². The molecule has 1 N–H and O–H groups in total. The summed E-state index contributed by atoms with van der Waals surface area (Å²) < 4.78 is 10.7. The molecule has 1 rings (SSSR count). The number of ether oxygens (including phenoxy) is 2. The lowest BCUT2D eigenvalue weighted by Crippen LogP contribution is -2.44. The molecule has 0 spiro atoms. The third kappa shape index (κ3) is 15.1. The second-order valence-corrected chi connectivity index (χ2v) is 9.97. The van der Waals surface area contributed by atoms with E-state index in [0.717, 1.165) is 19.4 Å². The molecule has 1 atom stereocenters. The number of esters is 2. The molecule has 11 nitrogen and oxygen atoms in total. The lowest BCUT2D eigenvalue weighted by atomic mass is 10.2. The minimum Gasteiger partial charge on any atom is -0.424 e. The van der Waals surface area contributed by atoms with Crippen molar-refractivity contribution in [3.8, 4) is 0 Å². The number of ketones is 1. The molecule has 0 heterocycles.